The van der Waals surface area contributed by atoms with Gasteiger partial charge in [0, 0.05) is 0 Å². The van der Waals surface area contributed by atoms with Crippen LogP contribution in [0, 0.1) is 0 Å². The topological polar surface area (TPSA) is 46.2 Å². The molecule has 2 aliphatic heterocycles. The van der Waals surface area contributed by atoms with E-state index in [1.165, 1.54) is 0 Å². The average Bonchev–Trinajstić information content (AvgIpc) is 2.69. The monoisotopic (exact) mass is 304 g/mol. The molecule has 2 saturated heterocycles. The molecule has 0 aromatic heterocycles. The maximum Gasteiger partial charge on any atom is 0.177 e. The Morgan fingerprint density at radius 1 is 1.10 bits per heavy atom. The summed E-state index contributed by atoms with van der Waals surface area (Å²) < 4.78 is 29.7. The molecule has 2 aliphatic rings. The van der Waals surface area contributed by atoms with Gasteiger partial charge in [0.15, 0.2) is 21.1 Å². The molecule has 0 aromatic rings. The predicted octanol–water partition coefficient (Wildman–Crippen LogP) is 2.05. The highest BCUT2D eigenvalue weighted by Crippen LogP contribution is 2.39. The van der Waals surface area contributed by atoms with Crippen molar-refractivity contribution in [2.75, 3.05) is 6.61 Å². The van der Waals surface area contributed by atoms with Crippen LogP contribution in [0.15, 0.2) is 0 Å². The predicted molar refractivity (Wildman–Crippen MR) is 78.2 cm³/mol. The van der Waals surface area contributed by atoms with Crippen molar-refractivity contribution in [3.8, 4) is 0 Å². The van der Waals surface area contributed by atoms with Gasteiger partial charge in [-0.25, -0.2) is 0 Å². The molecule has 0 bridgehead atoms. The van der Waals surface area contributed by atoms with Gasteiger partial charge in [0.25, 0.3) is 0 Å². The Morgan fingerprint density at radius 2 is 1.70 bits per heavy atom. The van der Waals surface area contributed by atoms with Crippen LogP contribution in [-0.2, 0) is 23.4 Å². The Balaban J connectivity index is 2.03. The molecule has 0 aromatic carbocycles. The van der Waals surface area contributed by atoms with E-state index in [1.807, 2.05) is 34.6 Å². The molecule has 0 radical (unpaired) electrons. The lowest BCUT2D eigenvalue weighted by Crippen LogP contribution is -2.35. The smallest absolute Gasteiger partial charge is 0.177 e. The van der Waals surface area contributed by atoms with Gasteiger partial charge in [-0.3, -0.25) is 0 Å². The summed E-state index contributed by atoms with van der Waals surface area (Å²) in [5.74, 6) is -0.584. The number of ether oxygens (including phenoxy) is 4. The minimum absolute atomic E-state index is 0.120. The van der Waals surface area contributed by atoms with E-state index in [-0.39, 0.29) is 30.2 Å². The van der Waals surface area contributed by atoms with Crippen LogP contribution in [0.4, 0.5) is 0 Å². The van der Waals surface area contributed by atoms with Crippen molar-refractivity contribution in [3.63, 3.8) is 0 Å². The molecule has 0 spiro atoms. The van der Waals surface area contributed by atoms with Crippen molar-refractivity contribution in [2.24, 2.45) is 0 Å². The van der Waals surface area contributed by atoms with E-state index in [0.29, 0.717) is 6.61 Å². The minimum atomic E-state index is -1.20. The molecule has 5 nitrogen and oxygen atoms in total. The molecule has 20 heavy (non-hydrogen) atoms. The summed E-state index contributed by atoms with van der Waals surface area (Å²) >= 11 is 0. The SMILES string of the molecule is C[SiH](C)OC1O[C@H](COC(C)(C)C)[C@H]2OC(C)(C)O[C@@H]12. The fraction of sp³-hybridized carbons (Fsp3) is 1.00. The third-order valence-electron chi connectivity index (χ3n) is 3.19. The summed E-state index contributed by atoms with van der Waals surface area (Å²) in [5.41, 5.74) is -0.195. The first-order valence-electron chi connectivity index (χ1n) is 7.38. The van der Waals surface area contributed by atoms with E-state index in [1.54, 1.807) is 0 Å². The summed E-state index contributed by atoms with van der Waals surface area (Å²) in [4.78, 5) is 0. The summed E-state index contributed by atoms with van der Waals surface area (Å²) in [7, 11) is -1.20. The van der Waals surface area contributed by atoms with Crippen LogP contribution in [0.2, 0.25) is 13.1 Å². The van der Waals surface area contributed by atoms with Crippen LogP contribution in [0.5, 0.6) is 0 Å². The third kappa shape index (κ3) is 4.02. The first-order valence-corrected chi connectivity index (χ1v) is 10.2. The van der Waals surface area contributed by atoms with Crippen molar-refractivity contribution >= 4 is 9.04 Å². The summed E-state index contributed by atoms with van der Waals surface area (Å²) in [6, 6.07) is 0. The second kappa shape index (κ2) is 5.66. The van der Waals surface area contributed by atoms with Crippen molar-refractivity contribution in [1.82, 2.24) is 0 Å². The summed E-state index contributed by atoms with van der Waals surface area (Å²) in [6.07, 6.45) is -0.751. The molecular weight excluding hydrogens is 276 g/mol. The van der Waals surface area contributed by atoms with Gasteiger partial charge in [0.05, 0.1) is 12.2 Å². The van der Waals surface area contributed by atoms with Gasteiger partial charge in [0.1, 0.15) is 18.3 Å². The fourth-order valence-electron chi connectivity index (χ4n) is 2.49. The maximum absolute atomic E-state index is 5.97. The van der Waals surface area contributed by atoms with Gasteiger partial charge in [-0.1, -0.05) is 0 Å². The van der Waals surface area contributed by atoms with Crippen LogP contribution in [0.25, 0.3) is 0 Å². The number of fused-ring (bicyclic) bond motifs is 1. The second-order valence-electron chi connectivity index (χ2n) is 7.22. The van der Waals surface area contributed by atoms with Gasteiger partial charge in [-0.05, 0) is 47.7 Å². The Hall–Kier alpha value is 0.0169. The summed E-state index contributed by atoms with van der Waals surface area (Å²) in [5, 5.41) is 0. The number of hydrogen-bond acceptors (Lipinski definition) is 5. The molecule has 4 atom stereocenters. The van der Waals surface area contributed by atoms with E-state index < -0.39 is 14.8 Å². The lowest BCUT2D eigenvalue weighted by molar-refractivity contribution is -0.222. The Bertz CT molecular complexity index is 339. The van der Waals surface area contributed by atoms with Gasteiger partial charge in [-0.2, -0.15) is 0 Å². The Morgan fingerprint density at radius 3 is 2.25 bits per heavy atom. The van der Waals surface area contributed by atoms with E-state index in [9.17, 15) is 0 Å². The Kier molecular flexibility index (Phi) is 4.64. The normalized spacial score (nSPS) is 36.6. The Labute approximate surface area is 123 Å². The molecule has 0 N–H and O–H groups in total. The third-order valence-corrected chi connectivity index (χ3v) is 4.01. The van der Waals surface area contributed by atoms with Crippen molar-refractivity contribution < 1.29 is 23.4 Å². The van der Waals surface area contributed by atoms with Gasteiger partial charge in [-0.15, -0.1) is 0 Å². The van der Waals surface area contributed by atoms with E-state index >= 15 is 0 Å². The number of rotatable bonds is 4. The lowest BCUT2D eigenvalue weighted by atomic mass is 10.1. The number of hydrogen-bond donors (Lipinski definition) is 0. The van der Waals surface area contributed by atoms with E-state index in [2.05, 4.69) is 13.1 Å². The molecule has 118 valence electrons. The molecule has 0 aliphatic carbocycles. The second-order valence-corrected chi connectivity index (χ2v) is 9.59. The molecule has 2 fully saturated rings. The van der Waals surface area contributed by atoms with Crippen LogP contribution < -0.4 is 0 Å². The van der Waals surface area contributed by atoms with Crippen molar-refractivity contribution in [2.45, 2.75) is 83.7 Å². The molecule has 6 heteroatoms. The first-order chi connectivity index (χ1) is 9.07. The highest BCUT2D eigenvalue weighted by molar-refractivity contribution is 6.48. The molecule has 0 amide bonds. The van der Waals surface area contributed by atoms with Gasteiger partial charge >= 0.3 is 0 Å². The molecule has 2 rings (SSSR count). The van der Waals surface area contributed by atoms with Crippen molar-refractivity contribution in [3.05, 3.63) is 0 Å². The lowest BCUT2D eigenvalue weighted by Gasteiger charge is -2.27. The molecular formula is C14H28O5Si. The summed E-state index contributed by atoms with van der Waals surface area (Å²) in [6.45, 7) is 14.7. The van der Waals surface area contributed by atoms with Crippen LogP contribution >= 0.6 is 0 Å². The van der Waals surface area contributed by atoms with Crippen LogP contribution in [0.3, 0.4) is 0 Å². The van der Waals surface area contributed by atoms with Crippen molar-refractivity contribution in [1.29, 1.82) is 0 Å². The largest absolute Gasteiger partial charge is 0.394 e. The zero-order valence-electron chi connectivity index (χ0n) is 13.6. The van der Waals surface area contributed by atoms with Crippen LogP contribution in [0.1, 0.15) is 34.6 Å². The first kappa shape index (κ1) is 16.4. The highest BCUT2D eigenvalue weighted by Gasteiger charge is 2.56. The van der Waals surface area contributed by atoms with Crippen LogP contribution in [-0.4, -0.2) is 51.6 Å². The van der Waals surface area contributed by atoms with Gasteiger partial charge < -0.3 is 23.4 Å². The molecule has 0 saturated carbocycles. The maximum atomic E-state index is 5.97. The quantitative estimate of drug-likeness (QED) is 0.744. The zero-order valence-corrected chi connectivity index (χ0v) is 14.8. The molecule has 2 heterocycles. The van der Waals surface area contributed by atoms with Gasteiger partial charge in [0.2, 0.25) is 0 Å². The minimum Gasteiger partial charge on any atom is -0.394 e. The fourth-order valence-corrected chi connectivity index (χ4v) is 3.24. The zero-order chi connectivity index (χ0) is 15.1. The highest BCUT2D eigenvalue weighted by atomic mass is 28.3. The molecule has 1 unspecified atom stereocenters. The van der Waals surface area contributed by atoms with E-state index in [0.717, 1.165) is 0 Å². The average molecular weight is 304 g/mol. The van der Waals surface area contributed by atoms with E-state index in [4.69, 9.17) is 23.4 Å². The standard InChI is InChI=1S/C14H28O5Si/c1-13(2,3)15-8-9-10-11(18-14(4,5)17-10)12(16-9)19-20(6)7/h9-12,20H,8H2,1-7H3/t9-,10-,11-,12?/m1/s1.